The van der Waals surface area contributed by atoms with E-state index in [0.29, 0.717) is 5.56 Å². The van der Waals surface area contributed by atoms with Crippen molar-refractivity contribution in [3.63, 3.8) is 0 Å². The topological polar surface area (TPSA) is 75.6 Å². The number of hydrogen-bond acceptors (Lipinski definition) is 3. The van der Waals surface area contributed by atoms with Crippen molar-refractivity contribution in [3.05, 3.63) is 35.7 Å². The largest absolute Gasteiger partial charge is 0.478 e. The van der Waals surface area contributed by atoms with Crippen molar-refractivity contribution in [2.24, 2.45) is 0 Å². The molecule has 0 radical (unpaired) electrons. The average molecular weight is 295 g/mol. The molecule has 0 aliphatic rings. The van der Waals surface area contributed by atoms with Gasteiger partial charge in [-0.25, -0.2) is 9.18 Å². The Kier molecular flexibility index (Phi) is 5.90. The van der Waals surface area contributed by atoms with Gasteiger partial charge in [-0.05, 0) is 44.5 Å². The number of halogens is 1. The third-order valence-corrected chi connectivity index (χ3v) is 2.48. The summed E-state index contributed by atoms with van der Waals surface area (Å²) < 4.78 is 19.1. The maximum atomic E-state index is 13.8. The molecular formula is C15H18FNO4. The Morgan fingerprint density at radius 3 is 2.52 bits per heavy atom. The number of hydrogen-bond donors (Lipinski definition) is 2. The smallest absolute Gasteiger partial charge is 0.328 e. The van der Waals surface area contributed by atoms with E-state index in [9.17, 15) is 14.0 Å². The molecular weight excluding hydrogens is 277 g/mol. The Hall–Kier alpha value is -2.37. The molecule has 1 aromatic rings. The summed E-state index contributed by atoms with van der Waals surface area (Å²) in [4.78, 5) is 22.1. The number of carbonyl (C=O) groups is 2. The molecule has 0 bridgehead atoms. The number of rotatable bonds is 6. The van der Waals surface area contributed by atoms with E-state index in [1.165, 1.54) is 25.1 Å². The normalized spacial score (nSPS) is 12.4. The number of nitrogens with one attached hydrogen (secondary N) is 1. The molecule has 0 fully saturated rings. The molecule has 1 amide bonds. The molecule has 0 aliphatic heterocycles. The number of carboxylic acids is 1. The van der Waals surface area contributed by atoms with Crippen molar-refractivity contribution in [2.45, 2.75) is 32.9 Å². The third-order valence-electron chi connectivity index (χ3n) is 2.48. The maximum Gasteiger partial charge on any atom is 0.328 e. The van der Waals surface area contributed by atoms with Gasteiger partial charge in [-0.15, -0.1) is 0 Å². The van der Waals surface area contributed by atoms with Crippen molar-refractivity contribution in [1.82, 2.24) is 5.32 Å². The molecule has 1 rings (SSSR count). The van der Waals surface area contributed by atoms with E-state index in [2.05, 4.69) is 5.32 Å². The van der Waals surface area contributed by atoms with Gasteiger partial charge in [-0.3, -0.25) is 4.79 Å². The van der Waals surface area contributed by atoms with Crippen molar-refractivity contribution >= 4 is 18.0 Å². The van der Waals surface area contributed by atoms with Gasteiger partial charge in [0, 0.05) is 12.1 Å². The van der Waals surface area contributed by atoms with Crippen LogP contribution >= 0.6 is 0 Å². The van der Waals surface area contributed by atoms with Gasteiger partial charge >= 0.3 is 5.97 Å². The summed E-state index contributed by atoms with van der Waals surface area (Å²) in [7, 11) is 0. The molecule has 0 saturated heterocycles. The Bertz CT molecular complexity index is 555. The fraction of sp³-hybridized carbons (Fsp3) is 0.333. The fourth-order valence-corrected chi connectivity index (χ4v) is 1.53. The van der Waals surface area contributed by atoms with E-state index in [-0.39, 0.29) is 17.7 Å². The van der Waals surface area contributed by atoms with Gasteiger partial charge in [0.15, 0.2) is 17.7 Å². The zero-order valence-corrected chi connectivity index (χ0v) is 12.1. The van der Waals surface area contributed by atoms with Crippen LogP contribution in [-0.2, 0) is 9.59 Å². The lowest BCUT2D eigenvalue weighted by molar-refractivity contribution is -0.131. The highest BCUT2D eigenvalue weighted by molar-refractivity contribution is 5.85. The van der Waals surface area contributed by atoms with E-state index in [1.807, 2.05) is 13.8 Å². The first-order valence-corrected chi connectivity index (χ1v) is 6.47. The number of carbonyl (C=O) groups excluding carboxylic acids is 1. The number of aliphatic carboxylic acids is 1. The van der Waals surface area contributed by atoms with Crippen LogP contribution < -0.4 is 10.1 Å². The van der Waals surface area contributed by atoms with Crippen LogP contribution in [0.25, 0.3) is 6.08 Å². The van der Waals surface area contributed by atoms with Crippen LogP contribution in [0.1, 0.15) is 26.3 Å². The molecule has 1 atom stereocenters. The summed E-state index contributed by atoms with van der Waals surface area (Å²) in [5.41, 5.74) is 0.390. The lowest BCUT2D eigenvalue weighted by Gasteiger charge is -2.16. The van der Waals surface area contributed by atoms with E-state index in [0.717, 1.165) is 12.1 Å². The number of carboxylic acid groups (broad SMARTS) is 1. The second-order valence-corrected chi connectivity index (χ2v) is 4.78. The standard InChI is InChI=1S/C15H18FNO4/c1-9(2)17-15(20)10(3)21-13-6-4-11(8-12(13)16)5-7-14(18)19/h4-10H,1-3H3,(H,17,20)(H,18,19)/b7-5+. The minimum atomic E-state index is -1.12. The summed E-state index contributed by atoms with van der Waals surface area (Å²) in [6, 6.07) is 3.97. The second-order valence-electron chi connectivity index (χ2n) is 4.78. The third kappa shape index (κ3) is 5.64. The first-order valence-electron chi connectivity index (χ1n) is 6.47. The lowest BCUT2D eigenvalue weighted by Crippen LogP contribution is -2.40. The van der Waals surface area contributed by atoms with E-state index in [1.54, 1.807) is 0 Å². The SMILES string of the molecule is CC(C)NC(=O)C(C)Oc1ccc(/C=C/C(=O)O)cc1F. The second kappa shape index (κ2) is 7.42. The molecule has 21 heavy (non-hydrogen) atoms. The molecule has 0 saturated carbocycles. The minimum absolute atomic E-state index is 0.0306. The summed E-state index contributed by atoms with van der Waals surface area (Å²) >= 11 is 0. The number of ether oxygens (including phenoxy) is 1. The van der Waals surface area contributed by atoms with E-state index in [4.69, 9.17) is 9.84 Å². The monoisotopic (exact) mass is 295 g/mol. The molecule has 2 N–H and O–H groups in total. The van der Waals surface area contributed by atoms with Gasteiger partial charge in [-0.1, -0.05) is 6.07 Å². The first-order chi connectivity index (χ1) is 9.79. The van der Waals surface area contributed by atoms with Crippen LogP contribution in [0.15, 0.2) is 24.3 Å². The molecule has 6 heteroatoms. The predicted molar refractivity (Wildman–Crippen MR) is 76.4 cm³/mol. The Morgan fingerprint density at radius 2 is 2.00 bits per heavy atom. The molecule has 0 heterocycles. The average Bonchev–Trinajstić information content (AvgIpc) is 2.38. The summed E-state index contributed by atoms with van der Waals surface area (Å²) in [6.07, 6.45) is 1.35. The Labute approximate surface area is 122 Å². The Balaban J connectivity index is 2.76. The molecule has 1 aromatic carbocycles. The van der Waals surface area contributed by atoms with Gasteiger partial charge in [0.25, 0.3) is 5.91 Å². The lowest BCUT2D eigenvalue weighted by atomic mass is 10.2. The van der Waals surface area contributed by atoms with Crippen LogP contribution in [0.2, 0.25) is 0 Å². The van der Waals surface area contributed by atoms with Crippen molar-refractivity contribution < 1.29 is 23.8 Å². The highest BCUT2D eigenvalue weighted by Crippen LogP contribution is 2.20. The van der Waals surface area contributed by atoms with Gasteiger partial charge in [0.05, 0.1) is 0 Å². The highest BCUT2D eigenvalue weighted by Gasteiger charge is 2.17. The quantitative estimate of drug-likeness (QED) is 0.789. The zero-order chi connectivity index (χ0) is 16.0. The predicted octanol–water partition coefficient (Wildman–Crippen LogP) is 2.22. The molecule has 0 aliphatic carbocycles. The fourth-order valence-electron chi connectivity index (χ4n) is 1.53. The van der Waals surface area contributed by atoms with Crippen LogP contribution in [0.5, 0.6) is 5.75 Å². The molecule has 5 nitrogen and oxygen atoms in total. The van der Waals surface area contributed by atoms with Gasteiger partial charge < -0.3 is 15.2 Å². The zero-order valence-electron chi connectivity index (χ0n) is 12.1. The van der Waals surface area contributed by atoms with Gasteiger partial charge in [0.2, 0.25) is 0 Å². The first kappa shape index (κ1) is 16.7. The minimum Gasteiger partial charge on any atom is -0.478 e. The highest BCUT2D eigenvalue weighted by atomic mass is 19.1. The van der Waals surface area contributed by atoms with Crippen LogP contribution in [-0.4, -0.2) is 29.1 Å². The Morgan fingerprint density at radius 1 is 1.33 bits per heavy atom. The van der Waals surface area contributed by atoms with Crippen molar-refractivity contribution in [1.29, 1.82) is 0 Å². The number of benzene rings is 1. The molecule has 1 unspecified atom stereocenters. The summed E-state index contributed by atoms with van der Waals surface area (Å²) in [5.74, 6) is -2.17. The summed E-state index contributed by atoms with van der Waals surface area (Å²) in [6.45, 7) is 5.15. The maximum absolute atomic E-state index is 13.8. The molecule has 0 spiro atoms. The van der Waals surface area contributed by atoms with E-state index >= 15 is 0 Å². The molecule has 114 valence electrons. The number of amides is 1. The van der Waals surface area contributed by atoms with Crippen LogP contribution in [0, 0.1) is 5.82 Å². The molecule has 0 aromatic heterocycles. The van der Waals surface area contributed by atoms with Crippen molar-refractivity contribution in [2.75, 3.05) is 0 Å². The van der Waals surface area contributed by atoms with Crippen LogP contribution in [0.3, 0.4) is 0 Å². The summed E-state index contributed by atoms with van der Waals surface area (Å²) in [5, 5.41) is 11.2. The van der Waals surface area contributed by atoms with Crippen LogP contribution in [0.4, 0.5) is 4.39 Å². The van der Waals surface area contributed by atoms with E-state index < -0.39 is 17.9 Å². The van der Waals surface area contributed by atoms with Gasteiger partial charge in [0.1, 0.15) is 0 Å². The van der Waals surface area contributed by atoms with Gasteiger partial charge in [-0.2, -0.15) is 0 Å². The van der Waals surface area contributed by atoms with Crippen molar-refractivity contribution in [3.8, 4) is 5.75 Å².